The zero-order valence-corrected chi connectivity index (χ0v) is 13.5. The Labute approximate surface area is 127 Å². The van der Waals surface area contributed by atoms with Gasteiger partial charge in [0, 0.05) is 31.7 Å². The van der Waals surface area contributed by atoms with Gasteiger partial charge in [0.2, 0.25) is 0 Å². The molecule has 3 rings (SSSR count). The molecule has 2 unspecified atom stereocenters. The van der Waals surface area contributed by atoms with Gasteiger partial charge in [-0.05, 0) is 40.0 Å². The second kappa shape index (κ2) is 6.00. The summed E-state index contributed by atoms with van der Waals surface area (Å²) in [5.41, 5.74) is 1.11. The number of hydrogen-bond acceptors (Lipinski definition) is 4. The number of nitrogens with one attached hydrogen (secondary N) is 1. The lowest BCUT2D eigenvalue weighted by Crippen LogP contribution is -2.35. The summed E-state index contributed by atoms with van der Waals surface area (Å²) in [6.45, 7) is 9.72. The van der Waals surface area contributed by atoms with Crippen LogP contribution in [0, 0.1) is 0 Å². The third-order valence-electron chi connectivity index (χ3n) is 4.22. The Morgan fingerprint density at radius 1 is 1.25 bits per heavy atom. The normalized spacial score (nSPS) is 27.1. The summed E-state index contributed by atoms with van der Waals surface area (Å²) in [6, 6.07) is 1.44. The molecule has 0 saturated carbocycles. The highest BCUT2D eigenvalue weighted by Crippen LogP contribution is 2.21. The summed E-state index contributed by atoms with van der Waals surface area (Å²) in [6.07, 6.45) is 6.05. The van der Waals surface area contributed by atoms with Gasteiger partial charge in [-0.25, -0.2) is 4.68 Å². The fraction of sp³-hybridized carbons (Fsp3) is 0.857. The summed E-state index contributed by atoms with van der Waals surface area (Å²) in [5.74, 6) is 0. The molecule has 2 saturated heterocycles. The van der Waals surface area contributed by atoms with E-state index in [0.29, 0.717) is 6.04 Å². The van der Waals surface area contributed by atoms with Gasteiger partial charge in [0.05, 0.1) is 17.4 Å². The lowest BCUT2D eigenvalue weighted by atomic mass is 10.1. The van der Waals surface area contributed by atoms with Crippen LogP contribution >= 0.6 is 12.4 Å². The topological polar surface area (TPSA) is 46.0 Å². The molecule has 0 radical (unpaired) electrons. The fourth-order valence-electron chi connectivity index (χ4n) is 3.09. The van der Waals surface area contributed by atoms with Crippen LogP contribution in [0.1, 0.15) is 45.7 Å². The second-order valence-corrected chi connectivity index (χ2v) is 6.99. The van der Waals surface area contributed by atoms with Crippen molar-refractivity contribution in [2.24, 2.45) is 0 Å². The van der Waals surface area contributed by atoms with E-state index < -0.39 is 0 Å². The van der Waals surface area contributed by atoms with E-state index in [4.69, 9.17) is 0 Å². The van der Waals surface area contributed by atoms with Crippen molar-refractivity contribution in [2.75, 3.05) is 13.1 Å². The summed E-state index contributed by atoms with van der Waals surface area (Å²) in [7, 11) is 0. The molecule has 2 bridgehead atoms. The maximum atomic E-state index is 4.32. The number of halogens is 1. The number of likely N-dealkylation sites (tertiary alicyclic amines) is 1. The van der Waals surface area contributed by atoms with Crippen LogP contribution in [0.2, 0.25) is 0 Å². The summed E-state index contributed by atoms with van der Waals surface area (Å²) in [5, 5.41) is 12.3. The smallest absolute Gasteiger partial charge is 0.0967 e. The summed E-state index contributed by atoms with van der Waals surface area (Å²) in [4.78, 5) is 2.52. The minimum atomic E-state index is 0. The Balaban J connectivity index is 0.00000147. The summed E-state index contributed by atoms with van der Waals surface area (Å²) >= 11 is 0. The highest BCUT2D eigenvalue weighted by atomic mass is 35.5. The van der Waals surface area contributed by atoms with Crippen molar-refractivity contribution < 1.29 is 0 Å². The van der Waals surface area contributed by atoms with Crippen molar-refractivity contribution in [2.45, 2.75) is 64.2 Å². The Bertz CT molecular complexity index is 439. The lowest BCUT2D eigenvalue weighted by Gasteiger charge is -2.22. The number of nitrogens with zero attached hydrogens (tertiary/aromatic N) is 4. The zero-order valence-electron chi connectivity index (χ0n) is 12.7. The van der Waals surface area contributed by atoms with Gasteiger partial charge in [-0.2, -0.15) is 0 Å². The van der Waals surface area contributed by atoms with Crippen LogP contribution in [0.4, 0.5) is 0 Å². The molecule has 1 aromatic heterocycles. The number of fused-ring (bicyclic) bond motifs is 2. The average molecular weight is 300 g/mol. The first-order valence-corrected chi connectivity index (χ1v) is 7.41. The van der Waals surface area contributed by atoms with Crippen molar-refractivity contribution in [1.82, 2.24) is 25.2 Å². The Hall–Kier alpha value is -0.650. The molecule has 20 heavy (non-hydrogen) atoms. The molecule has 2 aliphatic heterocycles. The Kier molecular flexibility index (Phi) is 4.72. The number of hydrogen-bond donors (Lipinski definition) is 1. The predicted molar refractivity (Wildman–Crippen MR) is 82.1 cm³/mol. The van der Waals surface area contributed by atoms with Crippen LogP contribution in [0.3, 0.4) is 0 Å². The minimum Gasteiger partial charge on any atom is -0.310 e. The molecule has 0 spiro atoms. The van der Waals surface area contributed by atoms with Crippen molar-refractivity contribution in [1.29, 1.82) is 0 Å². The molecule has 2 fully saturated rings. The van der Waals surface area contributed by atoms with Gasteiger partial charge in [-0.1, -0.05) is 5.21 Å². The predicted octanol–water partition coefficient (Wildman–Crippen LogP) is 1.78. The van der Waals surface area contributed by atoms with Gasteiger partial charge in [-0.3, -0.25) is 4.90 Å². The van der Waals surface area contributed by atoms with E-state index in [1.165, 1.54) is 25.8 Å². The molecule has 6 heteroatoms. The van der Waals surface area contributed by atoms with Crippen molar-refractivity contribution >= 4 is 12.4 Å². The van der Waals surface area contributed by atoms with Crippen LogP contribution in [0.15, 0.2) is 6.20 Å². The largest absolute Gasteiger partial charge is 0.310 e. The van der Waals surface area contributed by atoms with Gasteiger partial charge < -0.3 is 5.32 Å². The molecule has 1 aromatic rings. The van der Waals surface area contributed by atoms with E-state index in [1.54, 1.807) is 0 Å². The van der Waals surface area contributed by atoms with Gasteiger partial charge in [0.25, 0.3) is 0 Å². The average Bonchev–Trinajstić information content (AvgIpc) is 2.88. The minimum absolute atomic E-state index is 0. The monoisotopic (exact) mass is 299 g/mol. The molecule has 0 amide bonds. The van der Waals surface area contributed by atoms with Crippen LogP contribution in [-0.2, 0) is 12.1 Å². The Morgan fingerprint density at radius 2 is 2.00 bits per heavy atom. The molecule has 114 valence electrons. The van der Waals surface area contributed by atoms with E-state index in [2.05, 4.69) is 47.5 Å². The third-order valence-corrected chi connectivity index (χ3v) is 4.22. The molecule has 1 N–H and O–H groups in total. The van der Waals surface area contributed by atoms with Gasteiger partial charge in [0.1, 0.15) is 0 Å². The van der Waals surface area contributed by atoms with E-state index in [0.717, 1.165) is 24.8 Å². The molecular formula is C14H26ClN5. The standard InChI is InChI=1S/C14H25N5.ClH/c1-14(2,3)19-10-13(16-17-19)9-18-7-6-11-4-5-12(8-18)15-11;/h10-12,15H,4-9H2,1-3H3;1H. The van der Waals surface area contributed by atoms with Crippen LogP contribution in [0.5, 0.6) is 0 Å². The van der Waals surface area contributed by atoms with E-state index >= 15 is 0 Å². The van der Waals surface area contributed by atoms with Crippen LogP contribution in [-0.4, -0.2) is 45.1 Å². The van der Waals surface area contributed by atoms with E-state index in [9.17, 15) is 0 Å². The van der Waals surface area contributed by atoms with E-state index in [1.807, 2.05) is 4.68 Å². The molecule has 3 heterocycles. The van der Waals surface area contributed by atoms with Gasteiger partial charge in [-0.15, -0.1) is 17.5 Å². The fourth-order valence-corrected chi connectivity index (χ4v) is 3.09. The van der Waals surface area contributed by atoms with Crippen LogP contribution in [0.25, 0.3) is 0 Å². The van der Waals surface area contributed by atoms with Gasteiger partial charge in [0.15, 0.2) is 0 Å². The molecule has 2 aliphatic rings. The highest BCUT2D eigenvalue weighted by molar-refractivity contribution is 5.85. The quantitative estimate of drug-likeness (QED) is 0.904. The van der Waals surface area contributed by atoms with Gasteiger partial charge >= 0.3 is 0 Å². The van der Waals surface area contributed by atoms with Crippen molar-refractivity contribution in [3.05, 3.63) is 11.9 Å². The lowest BCUT2D eigenvalue weighted by molar-refractivity contribution is 0.248. The first-order valence-electron chi connectivity index (χ1n) is 7.41. The Morgan fingerprint density at radius 3 is 2.70 bits per heavy atom. The second-order valence-electron chi connectivity index (χ2n) is 6.99. The maximum Gasteiger partial charge on any atom is 0.0967 e. The third kappa shape index (κ3) is 3.51. The van der Waals surface area contributed by atoms with Crippen LogP contribution < -0.4 is 5.32 Å². The first-order chi connectivity index (χ1) is 9.00. The molecule has 0 aliphatic carbocycles. The number of aromatic nitrogens is 3. The SMILES string of the molecule is CC(C)(C)n1cc(CN2CCC3CCC(C2)N3)nn1.Cl. The van der Waals surface area contributed by atoms with E-state index in [-0.39, 0.29) is 17.9 Å². The zero-order chi connectivity index (χ0) is 13.5. The molecule has 0 aromatic carbocycles. The van der Waals surface area contributed by atoms with Crippen molar-refractivity contribution in [3.8, 4) is 0 Å². The molecule has 5 nitrogen and oxygen atoms in total. The van der Waals surface area contributed by atoms with Crippen molar-refractivity contribution in [3.63, 3.8) is 0 Å². The molecule has 2 atom stereocenters. The number of rotatable bonds is 2. The summed E-state index contributed by atoms with van der Waals surface area (Å²) < 4.78 is 1.96. The maximum absolute atomic E-state index is 4.32. The highest BCUT2D eigenvalue weighted by Gasteiger charge is 2.29. The molecular weight excluding hydrogens is 274 g/mol. The first kappa shape index (κ1) is 15.7.